The molecule has 0 aliphatic rings. The normalized spacial score (nSPS) is 10.5. The summed E-state index contributed by atoms with van der Waals surface area (Å²) in [5, 5.41) is 3.92. The van der Waals surface area contributed by atoms with Gasteiger partial charge in [-0.2, -0.15) is 0 Å². The van der Waals surface area contributed by atoms with E-state index in [0.29, 0.717) is 5.56 Å². The van der Waals surface area contributed by atoms with Gasteiger partial charge in [-0.05, 0) is 47.5 Å². The first-order chi connectivity index (χ1) is 12.1. The van der Waals surface area contributed by atoms with Gasteiger partial charge in [0.2, 0.25) is 0 Å². The van der Waals surface area contributed by atoms with Crippen molar-refractivity contribution in [1.82, 2.24) is 0 Å². The summed E-state index contributed by atoms with van der Waals surface area (Å²) in [4.78, 5) is 26.1. The summed E-state index contributed by atoms with van der Waals surface area (Å²) in [6, 6.07) is 11.4. The van der Waals surface area contributed by atoms with Crippen LogP contribution in [-0.2, 0) is 9.53 Å². The van der Waals surface area contributed by atoms with E-state index < -0.39 is 11.9 Å². The topological polar surface area (TPSA) is 52.6 Å². The maximum Gasteiger partial charge on any atom is 0.342 e. The molecule has 0 unspecified atom stereocenters. The molecule has 1 aromatic carbocycles. The van der Waals surface area contributed by atoms with Gasteiger partial charge in [-0.15, -0.1) is 22.7 Å². The Bertz CT molecular complexity index is 881. The third-order valence-corrected chi connectivity index (χ3v) is 5.25. The Hall–Kier alpha value is -2.44. The SMILES string of the molecule is CCOC(=O)c1c(OC(C)=O)cc(-c2cccs2)cc1-c1cccs1. The second-order valence-corrected chi connectivity index (χ2v) is 7.06. The summed E-state index contributed by atoms with van der Waals surface area (Å²) in [5.41, 5.74) is 1.87. The zero-order valence-corrected chi connectivity index (χ0v) is 15.4. The fourth-order valence-corrected chi connectivity index (χ4v) is 3.94. The molecule has 0 bridgehead atoms. The number of carbonyl (C=O) groups excluding carboxylic acids is 2. The molecule has 0 atom stereocenters. The maximum atomic E-state index is 12.6. The van der Waals surface area contributed by atoms with Crippen molar-refractivity contribution < 1.29 is 19.1 Å². The van der Waals surface area contributed by atoms with E-state index in [1.165, 1.54) is 18.3 Å². The number of hydrogen-bond donors (Lipinski definition) is 0. The molecule has 0 N–H and O–H groups in total. The highest BCUT2D eigenvalue weighted by Gasteiger charge is 2.23. The molecule has 0 amide bonds. The summed E-state index contributed by atoms with van der Waals surface area (Å²) < 4.78 is 10.6. The highest BCUT2D eigenvalue weighted by atomic mass is 32.1. The highest BCUT2D eigenvalue weighted by Crippen LogP contribution is 2.39. The van der Waals surface area contributed by atoms with Gasteiger partial charge in [-0.1, -0.05) is 12.1 Å². The molecule has 0 aliphatic heterocycles. The van der Waals surface area contributed by atoms with Crippen molar-refractivity contribution in [1.29, 1.82) is 0 Å². The number of esters is 2. The van der Waals surface area contributed by atoms with Crippen LogP contribution in [0.25, 0.3) is 20.9 Å². The molecule has 0 saturated carbocycles. The first kappa shape index (κ1) is 17.4. The van der Waals surface area contributed by atoms with E-state index in [4.69, 9.17) is 9.47 Å². The predicted octanol–water partition coefficient (Wildman–Crippen LogP) is 5.25. The van der Waals surface area contributed by atoms with Crippen LogP contribution in [0.5, 0.6) is 5.75 Å². The predicted molar refractivity (Wildman–Crippen MR) is 100 cm³/mol. The standard InChI is InChI=1S/C19H16O4S2/c1-3-22-19(21)18-14(17-7-5-9-25-17)10-13(16-6-4-8-24-16)11-15(18)23-12(2)20/h4-11H,3H2,1-2H3. The monoisotopic (exact) mass is 372 g/mol. The largest absolute Gasteiger partial charge is 0.462 e. The van der Waals surface area contributed by atoms with E-state index in [1.807, 2.05) is 41.1 Å². The lowest BCUT2D eigenvalue weighted by Crippen LogP contribution is -2.12. The molecule has 3 rings (SSSR count). The minimum Gasteiger partial charge on any atom is -0.462 e. The van der Waals surface area contributed by atoms with Crippen molar-refractivity contribution in [3.63, 3.8) is 0 Å². The maximum absolute atomic E-state index is 12.6. The van der Waals surface area contributed by atoms with E-state index in [-0.39, 0.29) is 17.9 Å². The van der Waals surface area contributed by atoms with Crippen molar-refractivity contribution in [3.8, 4) is 26.6 Å². The van der Waals surface area contributed by atoms with Gasteiger partial charge in [0.15, 0.2) is 0 Å². The molecule has 2 heterocycles. The van der Waals surface area contributed by atoms with E-state index >= 15 is 0 Å². The first-order valence-corrected chi connectivity index (χ1v) is 9.47. The Morgan fingerprint density at radius 2 is 1.72 bits per heavy atom. The lowest BCUT2D eigenvalue weighted by Gasteiger charge is -2.14. The zero-order chi connectivity index (χ0) is 17.8. The Morgan fingerprint density at radius 3 is 2.28 bits per heavy atom. The van der Waals surface area contributed by atoms with E-state index in [1.54, 1.807) is 24.3 Å². The number of benzene rings is 1. The third kappa shape index (κ3) is 3.81. The molecular weight excluding hydrogens is 356 g/mol. The van der Waals surface area contributed by atoms with E-state index in [0.717, 1.165) is 15.3 Å². The van der Waals surface area contributed by atoms with E-state index in [9.17, 15) is 9.59 Å². The molecule has 0 spiro atoms. The summed E-state index contributed by atoms with van der Waals surface area (Å²) in [5.74, 6) is -0.758. The van der Waals surface area contributed by atoms with Gasteiger partial charge in [0, 0.05) is 22.2 Å². The third-order valence-electron chi connectivity index (χ3n) is 3.43. The van der Waals surface area contributed by atoms with Crippen LogP contribution in [0, 0.1) is 0 Å². The fraction of sp³-hybridized carbons (Fsp3) is 0.158. The molecule has 3 aromatic rings. The number of thiophene rings is 2. The van der Waals surface area contributed by atoms with Gasteiger partial charge in [-0.25, -0.2) is 4.79 Å². The minimum absolute atomic E-state index is 0.222. The van der Waals surface area contributed by atoms with Crippen LogP contribution in [0.4, 0.5) is 0 Å². The first-order valence-electron chi connectivity index (χ1n) is 7.71. The Kier molecular flexibility index (Phi) is 5.31. The van der Waals surface area contributed by atoms with Crippen molar-refractivity contribution in [2.75, 3.05) is 6.61 Å². The van der Waals surface area contributed by atoms with Gasteiger partial charge >= 0.3 is 11.9 Å². The molecule has 25 heavy (non-hydrogen) atoms. The van der Waals surface area contributed by atoms with Crippen LogP contribution in [-0.4, -0.2) is 18.5 Å². The second-order valence-electron chi connectivity index (χ2n) is 5.17. The van der Waals surface area contributed by atoms with Crippen molar-refractivity contribution in [2.45, 2.75) is 13.8 Å². The van der Waals surface area contributed by atoms with Crippen LogP contribution >= 0.6 is 22.7 Å². The molecule has 0 saturated heterocycles. The highest BCUT2D eigenvalue weighted by molar-refractivity contribution is 7.14. The molecule has 4 nitrogen and oxygen atoms in total. The van der Waals surface area contributed by atoms with Crippen LogP contribution in [0.2, 0.25) is 0 Å². The molecule has 0 fully saturated rings. The molecule has 0 aliphatic carbocycles. The summed E-state index contributed by atoms with van der Waals surface area (Å²) >= 11 is 3.10. The zero-order valence-electron chi connectivity index (χ0n) is 13.8. The van der Waals surface area contributed by atoms with Gasteiger partial charge in [0.05, 0.1) is 6.61 Å². The number of ether oxygens (including phenoxy) is 2. The summed E-state index contributed by atoms with van der Waals surface area (Å²) in [7, 11) is 0. The number of carbonyl (C=O) groups is 2. The van der Waals surface area contributed by atoms with Gasteiger partial charge in [0.1, 0.15) is 11.3 Å². The second kappa shape index (κ2) is 7.63. The summed E-state index contributed by atoms with van der Waals surface area (Å²) in [6.45, 7) is 3.31. The smallest absolute Gasteiger partial charge is 0.342 e. The average Bonchev–Trinajstić information content (AvgIpc) is 3.27. The van der Waals surface area contributed by atoms with Gasteiger partial charge < -0.3 is 9.47 Å². The molecule has 2 aromatic heterocycles. The van der Waals surface area contributed by atoms with Crippen LogP contribution < -0.4 is 4.74 Å². The quantitative estimate of drug-likeness (QED) is 0.454. The molecule has 6 heteroatoms. The molecule has 0 radical (unpaired) electrons. The average molecular weight is 372 g/mol. The van der Waals surface area contributed by atoms with Crippen molar-refractivity contribution >= 4 is 34.6 Å². The Morgan fingerprint density at radius 1 is 1.04 bits per heavy atom. The van der Waals surface area contributed by atoms with Gasteiger partial charge in [-0.3, -0.25) is 4.79 Å². The Labute approximate surface area is 153 Å². The lowest BCUT2D eigenvalue weighted by molar-refractivity contribution is -0.131. The molecule has 128 valence electrons. The van der Waals surface area contributed by atoms with Crippen LogP contribution in [0.1, 0.15) is 24.2 Å². The van der Waals surface area contributed by atoms with Gasteiger partial charge in [0.25, 0.3) is 0 Å². The minimum atomic E-state index is -0.500. The van der Waals surface area contributed by atoms with Crippen LogP contribution in [0.15, 0.2) is 47.2 Å². The van der Waals surface area contributed by atoms with E-state index in [2.05, 4.69) is 0 Å². The van der Waals surface area contributed by atoms with Crippen molar-refractivity contribution in [2.24, 2.45) is 0 Å². The van der Waals surface area contributed by atoms with Crippen molar-refractivity contribution in [3.05, 3.63) is 52.7 Å². The fourth-order valence-electron chi connectivity index (χ4n) is 2.48. The Balaban J connectivity index is 2.26. The lowest BCUT2D eigenvalue weighted by atomic mass is 10.00. The summed E-state index contributed by atoms with van der Waals surface area (Å²) in [6.07, 6.45) is 0. The number of rotatable bonds is 5. The molecular formula is C19H16O4S2. The number of hydrogen-bond acceptors (Lipinski definition) is 6. The van der Waals surface area contributed by atoms with Crippen LogP contribution in [0.3, 0.4) is 0 Å².